The number of nitrogens with one attached hydrogen (secondary N) is 2. The second-order valence-corrected chi connectivity index (χ2v) is 7.18. The van der Waals surface area contributed by atoms with Crippen molar-refractivity contribution >= 4 is 28.8 Å². The minimum atomic E-state index is -0.142. The highest BCUT2D eigenvalue weighted by Gasteiger charge is 2.25. The monoisotopic (exact) mass is 393 g/mol. The maximum absolute atomic E-state index is 6.27. The smallest absolute Gasteiger partial charge is 0.257 e. The molecule has 9 heteroatoms. The summed E-state index contributed by atoms with van der Waals surface area (Å²) in [7, 11) is 1.67. The molecule has 0 amide bonds. The topological polar surface area (TPSA) is 82.5 Å². The van der Waals surface area contributed by atoms with Gasteiger partial charge >= 0.3 is 0 Å². The Morgan fingerprint density at radius 2 is 2.15 bits per heavy atom. The summed E-state index contributed by atoms with van der Waals surface area (Å²) in [6, 6.07) is 2.19. The van der Waals surface area contributed by atoms with Gasteiger partial charge in [0.05, 0.1) is 28.6 Å². The summed E-state index contributed by atoms with van der Waals surface area (Å²) < 4.78 is 19.1. The number of halogens is 1. The molecule has 0 radical (unpaired) electrons. The largest absolute Gasteiger partial charge is 0.472 e. The molecule has 0 aromatic carbocycles. The van der Waals surface area contributed by atoms with Crippen molar-refractivity contribution in [3.63, 3.8) is 0 Å². The number of fused-ring (bicyclic) bond motifs is 3. The SMILES string of the molecule is COC1CNc2cc(ncc2Cl)Nc2c(nn(C3CCOCC3)c2C)OC1. The lowest BCUT2D eigenvalue weighted by molar-refractivity contribution is 0.0604. The minimum Gasteiger partial charge on any atom is -0.472 e. The lowest BCUT2D eigenvalue weighted by Crippen LogP contribution is -2.28. The van der Waals surface area contributed by atoms with Gasteiger partial charge in [-0.05, 0) is 19.8 Å². The third kappa shape index (κ3) is 3.83. The zero-order chi connectivity index (χ0) is 18.8. The van der Waals surface area contributed by atoms with E-state index in [4.69, 9.17) is 30.9 Å². The molecule has 2 aromatic rings. The van der Waals surface area contributed by atoms with Crippen molar-refractivity contribution in [1.29, 1.82) is 0 Å². The van der Waals surface area contributed by atoms with Crippen molar-refractivity contribution in [2.45, 2.75) is 31.9 Å². The van der Waals surface area contributed by atoms with Crippen LogP contribution >= 0.6 is 11.6 Å². The molecule has 4 rings (SSSR count). The average molecular weight is 394 g/mol. The second kappa shape index (κ2) is 7.92. The van der Waals surface area contributed by atoms with E-state index in [9.17, 15) is 0 Å². The minimum absolute atomic E-state index is 0.142. The molecule has 2 bridgehead atoms. The van der Waals surface area contributed by atoms with Crippen LogP contribution in [-0.2, 0) is 9.47 Å². The number of hydrogen-bond donors (Lipinski definition) is 2. The normalized spacial score (nSPS) is 20.6. The fourth-order valence-electron chi connectivity index (χ4n) is 3.40. The van der Waals surface area contributed by atoms with Gasteiger partial charge in [-0.2, -0.15) is 0 Å². The molecule has 0 aliphatic carbocycles. The van der Waals surface area contributed by atoms with E-state index in [-0.39, 0.29) is 6.10 Å². The lowest BCUT2D eigenvalue weighted by atomic mass is 10.1. The molecule has 2 aromatic heterocycles. The molecular weight excluding hydrogens is 370 g/mol. The van der Waals surface area contributed by atoms with Gasteiger partial charge in [-0.3, -0.25) is 4.68 Å². The quantitative estimate of drug-likeness (QED) is 0.810. The average Bonchev–Trinajstić information content (AvgIpc) is 2.99. The Balaban J connectivity index is 1.72. The Morgan fingerprint density at radius 3 is 2.93 bits per heavy atom. The zero-order valence-electron chi connectivity index (χ0n) is 15.5. The standard InChI is InChI=1S/C18H24ClN5O3/c1-11-17-18(23-24(11)12-3-5-26-6-4-12)27-10-13(25-2)8-20-15-7-16(22-17)21-9-14(15)19/h7,9,12-13,20H,3-6,8,10H2,1-2H3,(H,21,22). The summed E-state index contributed by atoms with van der Waals surface area (Å²) in [6.45, 7) is 4.49. The number of aromatic nitrogens is 3. The van der Waals surface area contributed by atoms with E-state index in [0.717, 1.165) is 43.1 Å². The van der Waals surface area contributed by atoms with Crippen LogP contribution in [0.4, 0.5) is 17.2 Å². The molecule has 0 saturated carbocycles. The fourth-order valence-corrected chi connectivity index (χ4v) is 3.57. The molecule has 2 N–H and O–H groups in total. The third-order valence-electron chi connectivity index (χ3n) is 5.02. The van der Waals surface area contributed by atoms with Crippen LogP contribution in [0.25, 0.3) is 0 Å². The highest BCUT2D eigenvalue weighted by atomic mass is 35.5. The first-order valence-corrected chi connectivity index (χ1v) is 9.52. The van der Waals surface area contributed by atoms with E-state index in [1.165, 1.54) is 0 Å². The van der Waals surface area contributed by atoms with E-state index in [1.54, 1.807) is 13.3 Å². The predicted molar refractivity (Wildman–Crippen MR) is 103 cm³/mol. The van der Waals surface area contributed by atoms with Crippen LogP contribution in [0.1, 0.15) is 24.6 Å². The van der Waals surface area contributed by atoms with Crippen molar-refractivity contribution in [1.82, 2.24) is 14.8 Å². The summed E-state index contributed by atoms with van der Waals surface area (Å²) in [6.07, 6.45) is 3.37. The molecule has 4 heterocycles. The highest BCUT2D eigenvalue weighted by molar-refractivity contribution is 6.33. The van der Waals surface area contributed by atoms with E-state index in [2.05, 4.69) is 15.6 Å². The molecule has 1 saturated heterocycles. The van der Waals surface area contributed by atoms with E-state index in [0.29, 0.717) is 35.9 Å². The van der Waals surface area contributed by atoms with Gasteiger partial charge in [0.15, 0.2) is 0 Å². The van der Waals surface area contributed by atoms with Crippen molar-refractivity contribution in [3.05, 3.63) is 23.0 Å². The molecule has 27 heavy (non-hydrogen) atoms. The molecule has 2 aliphatic rings. The van der Waals surface area contributed by atoms with Gasteiger partial charge in [-0.25, -0.2) is 4.98 Å². The van der Waals surface area contributed by atoms with Crippen LogP contribution in [0.15, 0.2) is 12.3 Å². The molecule has 2 aliphatic heterocycles. The third-order valence-corrected chi connectivity index (χ3v) is 5.32. The van der Waals surface area contributed by atoms with Crippen LogP contribution in [-0.4, -0.2) is 54.3 Å². The van der Waals surface area contributed by atoms with Gasteiger partial charge in [0.2, 0.25) is 0 Å². The fraction of sp³-hybridized carbons (Fsp3) is 0.556. The number of rotatable bonds is 2. The van der Waals surface area contributed by atoms with Crippen LogP contribution in [0.2, 0.25) is 5.02 Å². The molecule has 1 unspecified atom stereocenters. The summed E-state index contributed by atoms with van der Waals surface area (Å²) in [4.78, 5) is 4.39. The van der Waals surface area contributed by atoms with E-state index < -0.39 is 0 Å². The maximum Gasteiger partial charge on any atom is 0.257 e. The van der Waals surface area contributed by atoms with Crippen LogP contribution in [0.3, 0.4) is 0 Å². The molecule has 1 atom stereocenters. The first-order valence-electron chi connectivity index (χ1n) is 9.14. The number of hydrogen-bond acceptors (Lipinski definition) is 7. The maximum atomic E-state index is 6.27. The Bertz CT molecular complexity index is 807. The Labute approximate surface area is 163 Å². The number of pyridine rings is 1. The van der Waals surface area contributed by atoms with E-state index in [1.807, 2.05) is 17.7 Å². The Hall–Kier alpha value is -2.03. The van der Waals surface area contributed by atoms with Crippen LogP contribution < -0.4 is 15.4 Å². The number of methoxy groups -OCH3 is 1. The number of ether oxygens (including phenoxy) is 3. The van der Waals surface area contributed by atoms with Crippen molar-refractivity contribution in [3.8, 4) is 5.88 Å². The van der Waals surface area contributed by atoms with E-state index >= 15 is 0 Å². The number of nitrogens with zero attached hydrogens (tertiary/aromatic N) is 3. The summed E-state index contributed by atoms with van der Waals surface area (Å²) in [5.74, 6) is 1.23. The molecule has 146 valence electrons. The van der Waals surface area contributed by atoms with Gasteiger partial charge in [0.25, 0.3) is 5.88 Å². The zero-order valence-corrected chi connectivity index (χ0v) is 16.3. The van der Waals surface area contributed by atoms with Crippen molar-refractivity contribution in [2.24, 2.45) is 0 Å². The van der Waals surface area contributed by atoms with Gasteiger partial charge in [-0.1, -0.05) is 11.6 Å². The first kappa shape index (κ1) is 18.3. The van der Waals surface area contributed by atoms with Gasteiger partial charge in [0.1, 0.15) is 24.2 Å². The highest BCUT2D eigenvalue weighted by Crippen LogP contribution is 2.35. The predicted octanol–water partition coefficient (Wildman–Crippen LogP) is 3.15. The van der Waals surface area contributed by atoms with Gasteiger partial charge in [0, 0.05) is 32.9 Å². The lowest BCUT2D eigenvalue weighted by Gasteiger charge is -2.23. The van der Waals surface area contributed by atoms with Gasteiger partial charge in [-0.15, -0.1) is 5.10 Å². The molecule has 0 spiro atoms. The molecule has 1 fully saturated rings. The Morgan fingerprint density at radius 1 is 1.33 bits per heavy atom. The summed E-state index contributed by atoms with van der Waals surface area (Å²) >= 11 is 6.27. The molecular formula is C18H24ClN5O3. The summed E-state index contributed by atoms with van der Waals surface area (Å²) in [5.41, 5.74) is 2.63. The molecule has 8 nitrogen and oxygen atoms in total. The second-order valence-electron chi connectivity index (χ2n) is 6.78. The van der Waals surface area contributed by atoms with Gasteiger partial charge < -0.3 is 24.8 Å². The van der Waals surface area contributed by atoms with Crippen molar-refractivity contribution < 1.29 is 14.2 Å². The van der Waals surface area contributed by atoms with Crippen LogP contribution in [0, 0.1) is 6.92 Å². The van der Waals surface area contributed by atoms with Crippen LogP contribution in [0.5, 0.6) is 5.88 Å². The number of anilines is 3. The Kier molecular flexibility index (Phi) is 5.38. The first-order chi connectivity index (χ1) is 13.2. The summed E-state index contributed by atoms with van der Waals surface area (Å²) in [5, 5.41) is 12.0. The van der Waals surface area contributed by atoms with Crippen molar-refractivity contribution in [2.75, 3.05) is 44.1 Å².